The van der Waals surface area contributed by atoms with E-state index < -0.39 is 23.7 Å². The molecule has 1 heterocycles. The zero-order valence-corrected chi connectivity index (χ0v) is 19.2. The molecule has 1 aliphatic rings. The predicted octanol–water partition coefficient (Wildman–Crippen LogP) is 2.97. The maximum atomic E-state index is 13.2. The summed E-state index contributed by atoms with van der Waals surface area (Å²) in [6.07, 6.45) is 0.0392. The van der Waals surface area contributed by atoms with Crippen molar-refractivity contribution in [1.82, 2.24) is 10.2 Å². The summed E-state index contributed by atoms with van der Waals surface area (Å²) < 4.78 is 0. The van der Waals surface area contributed by atoms with E-state index in [-0.39, 0.29) is 30.0 Å². The Morgan fingerprint density at radius 1 is 1.03 bits per heavy atom. The number of aliphatic carboxylic acids is 1. The van der Waals surface area contributed by atoms with Crippen LogP contribution in [0, 0.1) is 5.92 Å². The molecular formula is C25H26N2O5S. The molecule has 7 nitrogen and oxygen atoms in total. The molecule has 0 bridgehead atoms. The van der Waals surface area contributed by atoms with Crippen molar-refractivity contribution in [3.05, 3.63) is 77.2 Å². The van der Waals surface area contributed by atoms with Gasteiger partial charge in [-0.3, -0.25) is 14.4 Å². The Labute approximate surface area is 196 Å². The van der Waals surface area contributed by atoms with Crippen molar-refractivity contribution in [1.29, 1.82) is 0 Å². The van der Waals surface area contributed by atoms with E-state index in [1.807, 2.05) is 49.6 Å². The number of nitrogens with zero attached hydrogens (tertiary/aromatic N) is 1. The second-order valence-electron chi connectivity index (χ2n) is 8.07. The van der Waals surface area contributed by atoms with Gasteiger partial charge in [-0.2, -0.15) is 0 Å². The first-order valence-electron chi connectivity index (χ1n) is 10.6. The van der Waals surface area contributed by atoms with Gasteiger partial charge in [-0.1, -0.05) is 74.5 Å². The molecule has 1 aliphatic heterocycles. The molecule has 172 valence electrons. The Balaban J connectivity index is 1.82. The number of carboxylic acid groups (broad SMARTS) is 1. The number of rotatable bonds is 9. The molecule has 3 rings (SSSR count). The van der Waals surface area contributed by atoms with Crippen molar-refractivity contribution in [3.8, 4) is 0 Å². The van der Waals surface area contributed by atoms with E-state index in [1.165, 1.54) is 16.7 Å². The Bertz CT molecular complexity index is 1050. The molecular weight excluding hydrogens is 440 g/mol. The molecule has 2 N–H and O–H groups in total. The Hall–Kier alpha value is -3.39. The van der Waals surface area contributed by atoms with Crippen LogP contribution in [0.5, 0.6) is 0 Å². The van der Waals surface area contributed by atoms with E-state index in [0.29, 0.717) is 11.3 Å². The highest BCUT2D eigenvalue weighted by Gasteiger charge is 2.35. The molecule has 0 saturated carbocycles. The quantitative estimate of drug-likeness (QED) is 0.551. The number of ketones is 1. The molecule has 33 heavy (non-hydrogen) atoms. The molecule has 0 unspecified atom stereocenters. The molecule has 0 saturated heterocycles. The Morgan fingerprint density at radius 2 is 1.64 bits per heavy atom. The van der Waals surface area contributed by atoms with Gasteiger partial charge in [0.25, 0.3) is 5.78 Å². The number of carbonyl (C=O) groups is 4. The first-order chi connectivity index (χ1) is 15.8. The lowest BCUT2D eigenvalue weighted by atomic mass is 10.0. The van der Waals surface area contributed by atoms with Gasteiger partial charge in [0.1, 0.15) is 12.6 Å². The second kappa shape index (κ2) is 11.0. The van der Waals surface area contributed by atoms with Gasteiger partial charge in [-0.05, 0) is 22.5 Å². The van der Waals surface area contributed by atoms with Crippen molar-refractivity contribution in [2.24, 2.45) is 5.92 Å². The summed E-state index contributed by atoms with van der Waals surface area (Å²) >= 11 is 1.42. The Morgan fingerprint density at radius 3 is 2.21 bits per heavy atom. The standard InChI is InChI=1S/C25H26N2O5S/c1-16(2)23-24(30)27(20(15-33-23)18-11-7-4-8-12-18)14-21(28)26-19(22(29)25(31)32)13-17-9-5-3-6-10-17/h3-12,15-16,19,23H,13-14H2,1-2H3,(H,26,28)(H,31,32)/t19-,23-/m0/s1. The van der Waals surface area contributed by atoms with Crippen molar-refractivity contribution in [3.63, 3.8) is 0 Å². The van der Waals surface area contributed by atoms with Crippen LogP contribution in [-0.4, -0.2) is 51.4 Å². The highest BCUT2D eigenvalue weighted by atomic mass is 32.2. The number of carbonyl (C=O) groups excluding carboxylic acids is 3. The van der Waals surface area contributed by atoms with E-state index in [9.17, 15) is 24.3 Å². The number of Topliss-reactive ketones (excluding diaryl/α,β-unsaturated/α-hetero) is 1. The van der Waals surface area contributed by atoms with Crippen LogP contribution in [0.25, 0.3) is 5.70 Å². The number of carboxylic acids is 1. The maximum Gasteiger partial charge on any atom is 0.374 e. The number of amides is 2. The van der Waals surface area contributed by atoms with Gasteiger partial charge in [0.15, 0.2) is 0 Å². The summed E-state index contributed by atoms with van der Waals surface area (Å²) in [6.45, 7) is 3.56. The molecule has 2 aromatic rings. The largest absolute Gasteiger partial charge is 0.475 e. The highest BCUT2D eigenvalue weighted by Crippen LogP contribution is 2.35. The monoisotopic (exact) mass is 466 g/mol. The summed E-state index contributed by atoms with van der Waals surface area (Å²) in [5.41, 5.74) is 2.10. The molecule has 2 amide bonds. The SMILES string of the molecule is CC(C)[C@@H]1SC=C(c2ccccc2)N(CC(=O)N[C@@H](Cc2ccccc2)C(=O)C(=O)O)C1=O. The normalized spacial score (nSPS) is 16.8. The van der Waals surface area contributed by atoms with Crippen molar-refractivity contribution in [2.45, 2.75) is 31.6 Å². The van der Waals surface area contributed by atoms with Crippen molar-refractivity contribution >= 4 is 41.0 Å². The minimum atomic E-state index is -1.62. The summed E-state index contributed by atoms with van der Waals surface area (Å²) in [5, 5.41) is 13.3. The number of nitrogens with one attached hydrogen (secondary N) is 1. The first-order valence-corrected chi connectivity index (χ1v) is 11.5. The van der Waals surface area contributed by atoms with Gasteiger partial charge in [-0.25, -0.2) is 4.79 Å². The summed E-state index contributed by atoms with van der Waals surface area (Å²) in [4.78, 5) is 51.2. The van der Waals surface area contributed by atoms with Gasteiger partial charge in [0, 0.05) is 6.42 Å². The fraction of sp³-hybridized carbons (Fsp3) is 0.280. The summed E-state index contributed by atoms with van der Waals surface area (Å²) in [5.74, 6) is -3.47. The van der Waals surface area contributed by atoms with E-state index >= 15 is 0 Å². The molecule has 0 fully saturated rings. The molecule has 2 atom stereocenters. The second-order valence-corrected chi connectivity index (χ2v) is 9.09. The third-order valence-electron chi connectivity index (χ3n) is 5.25. The highest BCUT2D eigenvalue weighted by molar-refractivity contribution is 8.03. The molecule has 0 spiro atoms. The van der Waals surface area contributed by atoms with E-state index in [0.717, 1.165) is 5.56 Å². The lowest BCUT2D eigenvalue weighted by Gasteiger charge is -2.34. The van der Waals surface area contributed by atoms with Gasteiger partial charge in [0.2, 0.25) is 11.8 Å². The number of hydrogen-bond acceptors (Lipinski definition) is 5. The minimum absolute atomic E-state index is 0.0392. The number of hydrogen-bond donors (Lipinski definition) is 2. The van der Waals surface area contributed by atoms with Crippen molar-refractivity contribution in [2.75, 3.05) is 6.54 Å². The van der Waals surface area contributed by atoms with Crippen LogP contribution >= 0.6 is 11.8 Å². The average Bonchev–Trinajstić information content (AvgIpc) is 2.80. The van der Waals surface area contributed by atoms with Crippen LogP contribution in [0.1, 0.15) is 25.0 Å². The van der Waals surface area contributed by atoms with Gasteiger partial charge in [0.05, 0.1) is 10.9 Å². The fourth-order valence-corrected chi connectivity index (χ4v) is 4.66. The lowest BCUT2D eigenvalue weighted by Crippen LogP contribution is -2.51. The zero-order chi connectivity index (χ0) is 24.0. The molecule has 2 aromatic carbocycles. The van der Waals surface area contributed by atoms with Crippen LogP contribution < -0.4 is 5.32 Å². The van der Waals surface area contributed by atoms with Crippen LogP contribution in [0.2, 0.25) is 0 Å². The van der Waals surface area contributed by atoms with Gasteiger partial charge < -0.3 is 15.3 Å². The minimum Gasteiger partial charge on any atom is -0.475 e. The van der Waals surface area contributed by atoms with E-state index in [4.69, 9.17) is 0 Å². The van der Waals surface area contributed by atoms with Gasteiger partial charge in [-0.15, -0.1) is 11.8 Å². The predicted molar refractivity (Wildman–Crippen MR) is 127 cm³/mol. The lowest BCUT2D eigenvalue weighted by molar-refractivity contribution is -0.150. The Kier molecular flexibility index (Phi) is 8.06. The third-order valence-corrected chi connectivity index (χ3v) is 6.65. The number of benzene rings is 2. The molecule has 0 radical (unpaired) electrons. The smallest absolute Gasteiger partial charge is 0.374 e. The van der Waals surface area contributed by atoms with Crippen LogP contribution in [0.4, 0.5) is 0 Å². The molecule has 0 aliphatic carbocycles. The zero-order valence-electron chi connectivity index (χ0n) is 18.4. The maximum absolute atomic E-state index is 13.2. The van der Waals surface area contributed by atoms with E-state index in [1.54, 1.807) is 30.3 Å². The average molecular weight is 467 g/mol. The number of thioether (sulfide) groups is 1. The first kappa shape index (κ1) is 24.3. The van der Waals surface area contributed by atoms with Crippen LogP contribution in [-0.2, 0) is 25.6 Å². The summed E-state index contributed by atoms with van der Waals surface area (Å²) in [7, 11) is 0. The topological polar surface area (TPSA) is 104 Å². The van der Waals surface area contributed by atoms with Crippen molar-refractivity contribution < 1.29 is 24.3 Å². The van der Waals surface area contributed by atoms with Crippen LogP contribution in [0.15, 0.2) is 66.1 Å². The van der Waals surface area contributed by atoms with E-state index in [2.05, 4.69) is 5.32 Å². The summed E-state index contributed by atoms with van der Waals surface area (Å²) in [6, 6.07) is 16.9. The third kappa shape index (κ3) is 6.10. The molecule has 0 aromatic heterocycles. The van der Waals surface area contributed by atoms with Gasteiger partial charge >= 0.3 is 5.97 Å². The molecule has 8 heteroatoms. The van der Waals surface area contributed by atoms with Crippen LogP contribution in [0.3, 0.4) is 0 Å². The fourth-order valence-electron chi connectivity index (χ4n) is 3.56.